The van der Waals surface area contributed by atoms with Gasteiger partial charge in [-0.1, -0.05) is 6.07 Å². The highest BCUT2D eigenvalue weighted by atomic mass is 32.1. The first kappa shape index (κ1) is 14.8. The molecule has 0 saturated heterocycles. The van der Waals surface area contributed by atoms with Crippen LogP contribution >= 0.6 is 11.3 Å². The number of carbonyl (C=O) groups is 1. The fourth-order valence-electron chi connectivity index (χ4n) is 1.44. The molecular weight excluding hydrogens is 250 g/mol. The summed E-state index contributed by atoms with van der Waals surface area (Å²) in [5, 5.41) is 18.9. The van der Waals surface area contributed by atoms with E-state index in [1.54, 1.807) is 11.3 Å². The number of azo groups is 1. The molecule has 0 saturated carbocycles. The van der Waals surface area contributed by atoms with Crippen LogP contribution < -0.4 is 5.73 Å². The van der Waals surface area contributed by atoms with Gasteiger partial charge in [-0.2, -0.15) is 10.2 Å². The minimum absolute atomic E-state index is 0.103. The average Bonchev–Trinajstić information content (AvgIpc) is 2.86. The second kappa shape index (κ2) is 7.94. The van der Waals surface area contributed by atoms with Crippen molar-refractivity contribution >= 4 is 17.3 Å². The third kappa shape index (κ3) is 5.37. The van der Waals surface area contributed by atoms with Gasteiger partial charge in [-0.25, -0.2) is 0 Å². The fraction of sp³-hybridized carbons (Fsp3) is 0.583. The number of carboxylic acids is 1. The van der Waals surface area contributed by atoms with E-state index >= 15 is 0 Å². The summed E-state index contributed by atoms with van der Waals surface area (Å²) in [4.78, 5) is 11.7. The summed E-state index contributed by atoms with van der Waals surface area (Å²) < 4.78 is 0. The summed E-state index contributed by atoms with van der Waals surface area (Å²) in [7, 11) is 0. The highest BCUT2D eigenvalue weighted by Crippen LogP contribution is 2.21. The number of unbranched alkanes of at least 4 members (excludes halogenated alkanes) is 1. The van der Waals surface area contributed by atoms with E-state index in [1.165, 1.54) is 4.88 Å². The van der Waals surface area contributed by atoms with Crippen molar-refractivity contribution in [2.45, 2.75) is 38.3 Å². The van der Waals surface area contributed by atoms with Gasteiger partial charge in [0.15, 0.2) is 0 Å². The summed E-state index contributed by atoms with van der Waals surface area (Å²) >= 11 is 1.67. The first-order valence-electron chi connectivity index (χ1n) is 5.99. The van der Waals surface area contributed by atoms with Crippen molar-refractivity contribution in [2.24, 2.45) is 16.0 Å². The fourth-order valence-corrected chi connectivity index (χ4v) is 2.15. The van der Waals surface area contributed by atoms with E-state index in [0.29, 0.717) is 13.0 Å². The molecule has 0 spiro atoms. The second-order valence-corrected chi connectivity index (χ2v) is 5.09. The van der Waals surface area contributed by atoms with Gasteiger partial charge in [-0.3, -0.25) is 4.79 Å². The zero-order valence-electron chi connectivity index (χ0n) is 10.5. The van der Waals surface area contributed by atoms with Crippen LogP contribution in [-0.4, -0.2) is 23.7 Å². The average molecular weight is 269 g/mol. The Kier molecular flexibility index (Phi) is 6.53. The summed E-state index contributed by atoms with van der Waals surface area (Å²) in [6.45, 7) is 2.64. The number of nitrogens with two attached hydrogens (primary N) is 1. The molecule has 0 aliphatic rings. The number of rotatable bonds is 8. The lowest BCUT2D eigenvalue weighted by molar-refractivity contribution is -0.138. The molecule has 2 atom stereocenters. The number of aliphatic carboxylic acids is 1. The van der Waals surface area contributed by atoms with E-state index in [0.717, 1.165) is 12.8 Å². The lowest BCUT2D eigenvalue weighted by atomic mass is 10.1. The summed E-state index contributed by atoms with van der Waals surface area (Å²) in [5.74, 6) is -0.942. The number of thiophene rings is 1. The Morgan fingerprint density at radius 3 is 2.94 bits per heavy atom. The third-order valence-electron chi connectivity index (χ3n) is 2.55. The number of hydrogen-bond donors (Lipinski definition) is 2. The topological polar surface area (TPSA) is 88.0 Å². The predicted octanol–water partition coefficient (Wildman–Crippen LogP) is 2.84. The molecule has 1 rings (SSSR count). The Bertz CT molecular complexity index is 379. The van der Waals surface area contributed by atoms with Crippen molar-refractivity contribution in [2.75, 3.05) is 6.54 Å². The lowest BCUT2D eigenvalue weighted by Gasteiger charge is -2.04. The van der Waals surface area contributed by atoms with E-state index in [2.05, 4.69) is 10.2 Å². The van der Waals surface area contributed by atoms with Gasteiger partial charge in [-0.15, -0.1) is 11.3 Å². The minimum atomic E-state index is -0.942. The predicted molar refractivity (Wildman–Crippen MR) is 71.9 cm³/mol. The van der Waals surface area contributed by atoms with Crippen molar-refractivity contribution in [3.63, 3.8) is 0 Å². The maximum atomic E-state index is 10.5. The molecule has 100 valence electrons. The highest BCUT2D eigenvalue weighted by Gasteiger charge is 2.09. The zero-order chi connectivity index (χ0) is 13.4. The Hall–Kier alpha value is -1.27. The van der Waals surface area contributed by atoms with Gasteiger partial charge in [0.25, 0.3) is 0 Å². The van der Waals surface area contributed by atoms with Crippen LogP contribution in [0.1, 0.15) is 37.1 Å². The molecule has 0 aliphatic heterocycles. The largest absolute Gasteiger partial charge is 0.480 e. The Labute approximate surface area is 111 Å². The van der Waals surface area contributed by atoms with Crippen LogP contribution in [0.4, 0.5) is 0 Å². The minimum Gasteiger partial charge on any atom is -0.480 e. The molecule has 18 heavy (non-hydrogen) atoms. The first-order valence-corrected chi connectivity index (χ1v) is 6.87. The summed E-state index contributed by atoms with van der Waals surface area (Å²) in [6, 6.07) is 3.39. The standard InChI is InChI=1S/C12H19N3O2S/c1-9(11-6-4-8-18-11)15-14-7-3-2-5-10(13)12(16)17/h4,6,8-10H,2-3,5,7,13H2,1H3,(H,16,17)/t9?,10-/m0/s1. The summed E-state index contributed by atoms with van der Waals surface area (Å²) in [5.41, 5.74) is 5.39. The number of nitrogens with zero attached hydrogens (tertiary/aromatic N) is 2. The molecule has 0 fully saturated rings. The molecule has 1 aromatic heterocycles. The zero-order valence-corrected chi connectivity index (χ0v) is 11.3. The van der Waals surface area contributed by atoms with Crippen molar-refractivity contribution in [1.29, 1.82) is 0 Å². The monoisotopic (exact) mass is 269 g/mol. The molecule has 0 aliphatic carbocycles. The van der Waals surface area contributed by atoms with E-state index < -0.39 is 12.0 Å². The number of carboxylic acid groups (broad SMARTS) is 1. The second-order valence-electron chi connectivity index (χ2n) is 4.11. The molecule has 1 aromatic rings. The Morgan fingerprint density at radius 1 is 1.56 bits per heavy atom. The van der Waals surface area contributed by atoms with Crippen molar-refractivity contribution < 1.29 is 9.90 Å². The van der Waals surface area contributed by atoms with Crippen molar-refractivity contribution in [3.05, 3.63) is 22.4 Å². The lowest BCUT2D eigenvalue weighted by Crippen LogP contribution is -2.29. The van der Waals surface area contributed by atoms with E-state index in [4.69, 9.17) is 10.8 Å². The number of hydrogen-bond acceptors (Lipinski definition) is 5. The molecule has 6 heteroatoms. The molecule has 3 N–H and O–H groups in total. The van der Waals surface area contributed by atoms with Gasteiger partial charge in [-0.05, 0) is 37.6 Å². The van der Waals surface area contributed by atoms with Crippen LogP contribution in [0.2, 0.25) is 0 Å². The van der Waals surface area contributed by atoms with Gasteiger partial charge in [0.05, 0.1) is 6.54 Å². The van der Waals surface area contributed by atoms with Crippen molar-refractivity contribution in [3.8, 4) is 0 Å². The van der Waals surface area contributed by atoms with Crippen LogP contribution in [0, 0.1) is 0 Å². The van der Waals surface area contributed by atoms with Crippen LogP contribution in [0.5, 0.6) is 0 Å². The normalized spacial score (nSPS) is 14.8. The Balaban J connectivity index is 2.12. The molecule has 0 bridgehead atoms. The smallest absolute Gasteiger partial charge is 0.320 e. The van der Waals surface area contributed by atoms with E-state index in [-0.39, 0.29) is 6.04 Å². The molecule has 1 unspecified atom stereocenters. The molecule has 1 heterocycles. The van der Waals surface area contributed by atoms with Crippen LogP contribution in [0.25, 0.3) is 0 Å². The van der Waals surface area contributed by atoms with Gasteiger partial charge >= 0.3 is 5.97 Å². The third-order valence-corrected chi connectivity index (χ3v) is 3.59. The highest BCUT2D eigenvalue weighted by molar-refractivity contribution is 7.10. The maximum absolute atomic E-state index is 10.5. The molecular formula is C12H19N3O2S. The van der Waals surface area contributed by atoms with Gasteiger partial charge < -0.3 is 10.8 Å². The van der Waals surface area contributed by atoms with Crippen LogP contribution in [0.3, 0.4) is 0 Å². The molecule has 5 nitrogen and oxygen atoms in total. The summed E-state index contributed by atoms with van der Waals surface area (Å²) in [6.07, 6.45) is 2.08. The van der Waals surface area contributed by atoms with Crippen LogP contribution in [0.15, 0.2) is 27.7 Å². The van der Waals surface area contributed by atoms with Gasteiger partial charge in [0.2, 0.25) is 0 Å². The SMILES string of the molecule is CC(N=NCCCC[C@H](N)C(=O)O)c1cccs1. The maximum Gasteiger partial charge on any atom is 0.320 e. The van der Waals surface area contributed by atoms with Gasteiger partial charge in [0.1, 0.15) is 12.1 Å². The van der Waals surface area contributed by atoms with Gasteiger partial charge in [0, 0.05) is 4.88 Å². The molecule has 0 amide bonds. The van der Waals surface area contributed by atoms with E-state index in [9.17, 15) is 4.79 Å². The first-order chi connectivity index (χ1) is 8.61. The van der Waals surface area contributed by atoms with Crippen LogP contribution in [-0.2, 0) is 4.79 Å². The van der Waals surface area contributed by atoms with Crippen molar-refractivity contribution in [1.82, 2.24) is 0 Å². The quantitative estimate of drug-likeness (QED) is 0.562. The van der Waals surface area contributed by atoms with E-state index in [1.807, 2.05) is 24.4 Å². The Morgan fingerprint density at radius 2 is 2.33 bits per heavy atom. The molecule has 0 aromatic carbocycles. The molecule has 0 radical (unpaired) electrons.